The van der Waals surface area contributed by atoms with Crippen molar-refractivity contribution in [2.45, 2.75) is 187 Å². The number of carbonyl (C=O) groups excluding carboxylic acids is 1. The zero-order valence-corrected chi connectivity index (χ0v) is 25.8. The van der Waals surface area contributed by atoms with E-state index in [0.717, 1.165) is 38.9 Å². The third kappa shape index (κ3) is 20.1. The van der Waals surface area contributed by atoms with Crippen LogP contribution in [0.2, 0.25) is 0 Å². The van der Waals surface area contributed by atoms with Crippen molar-refractivity contribution in [2.75, 3.05) is 19.6 Å². The van der Waals surface area contributed by atoms with E-state index in [1.54, 1.807) is 0 Å². The minimum atomic E-state index is -0.770. The van der Waals surface area contributed by atoms with Gasteiger partial charge >= 0.3 is 0 Å². The van der Waals surface area contributed by atoms with Crippen LogP contribution in [0.25, 0.3) is 0 Å². The first kappa shape index (κ1) is 35.1. The first-order valence-electron chi connectivity index (χ1n) is 17.2. The van der Waals surface area contributed by atoms with Gasteiger partial charge in [-0.3, -0.25) is 9.79 Å². The summed E-state index contributed by atoms with van der Waals surface area (Å²) in [5, 5.41) is 10.3. The molecule has 0 radical (unpaired) electrons. The Hall–Kier alpha value is -0.900. The lowest BCUT2D eigenvalue weighted by atomic mass is 10.0. The summed E-state index contributed by atoms with van der Waals surface area (Å²) in [5.74, 6) is 1.22. The average molecular weight is 535 g/mol. The highest BCUT2D eigenvalue weighted by Gasteiger charge is 2.20. The van der Waals surface area contributed by atoms with Crippen LogP contribution in [0.1, 0.15) is 181 Å². The first-order valence-corrected chi connectivity index (χ1v) is 17.2. The van der Waals surface area contributed by atoms with Crippen LogP contribution in [-0.2, 0) is 4.79 Å². The van der Waals surface area contributed by atoms with E-state index < -0.39 is 6.10 Å². The fourth-order valence-corrected chi connectivity index (χ4v) is 5.71. The number of unbranched alkanes of at least 4 members (excludes halogenated alkanes) is 21. The van der Waals surface area contributed by atoms with Crippen LogP contribution in [0.15, 0.2) is 4.99 Å². The molecular weight excluding hydrogens is 468 g/mol. The van der Waals surface area contributed by atoms with Gasteiger partial charge in [-0.25, -0.2) is 0 Å². The van der Waals surface area contributed by atoms with E-state index in [2.05, 4.69) is 18.7 Å². The van der Waals surface area contributed by atoms with Crippen LogP contribution >= 0.6 is 0 Å². The molecule has 0 aromatic rings. The largest absolute Gasteiger partial charge is 0.385 e. The summed E-state index contributed by atoms with van der Waals surface area (Å²) in [6, 6.07) is 0. The summed E-state index contributed by atoms with van der Waals surface area (Å²) in [7, 11) is 0. The molecule has 4 nitrogen and oxygen atoms in total. The van der Waals surface area contributed by atoms with Gasteiger partial charge in [0.25, 0.3) is 0 Å². The number of hydrogen-bond donors (Lipinski definition) is 1. The molecule has 1 aliphatic heterocycles. The minimum Gasteiger partial charge on any atom is -0.385 e. The van der Waals surface area contributed by atoms with Crippen molar-refractivity contribution in [3.63, 3.8) is 0 Å². The molecule has 4 heteroatoms. The molecule has 0 spiro atoms. The Morgan fingerprint density at radius 3 is 1.58 bits per heavy atom. The Morgan fingerprint density at radius 1 is 0.684 bits per heavy atom. The molecule has 224 valence electrons. The number of carbonyl (C=O) groups is 1. The zero-order valence-electron chi connectivity index (χ0n) is 25.8. The highest BCUT2D eigenvalue weighted by Crippen LogP contribution is 2.16. The molecule has 1 aliphatic rings. The fraction of sp³-hybridized carbons (Fsp3) is 0.941. The van der Waals surface area contributed by atoms with E-state index in [0.29, 0.717) is 12.8 Å². The maximum Gasteiger partial charge on any atom is 0.163 e. The second-order valence-electron chi connectivity index (χ2n) is 12.0. The van der Waals surface area contributed by atoms with Crippen molar-refractivity contribution >= 4 is 11.6 Å². The molecule has 38 heavy (non-hydrogen) atoms. The van der Waals surface area contributed by atoms with Gasteiger partial charge in [-0.1, -0.05) is 155 Å². The Kier molecular flexibility index (Phi) is 24.3. The number of aliphatic imine (C=N–C) groups is 1. The Morgan fingerprint density at radius 2 is 1.11 bits per heavy atom. The summed E-state index contributed by atoms with van der Waals surface area (Å²) >= 11 is 0. The summed E-state index contributed by atoms with van der Waals surface area (Å²) < 4.78 is 0. The topological polar surface area (TPSA) is 52.9 Å². The normalized spacial score (nSPS) is 14.3. The molecule has 1 N–H and O–H groups in total. The second-order valence-corrected chi connectivity index (χ2v) is 12.0. The highest BCUT2D eigenvalue weighted by atomic mass is 16.3. The molecule has 1 rings (SSSR count). The molecule has 0 aromatic heterocycles. The van der Waals surface area contributed by atoms with E-state index in [1.807, 2.05) is 0 Å². The molecule has 1 heterocycles. The molecule has 0 saturated heterocycles. The van der Waals surface area contributed by atoms with Crippen molar-refractivity contribution in [3.8, 4) is 0 Å². The predicted octanol–water partition coefficient (Wildman–Crippen LogP) is 9.81. The first-order chi connectivity index (χ1) is 18.7. The fourth-order valence-electron chi connectivity index (χ4n) is 5.71. The molecule has 0 aliphatic carbocycles. The van der Waals surface area contributed by atoms with E-state index in [-0.39, 0.29) is 5.78 Å². The molecule has 0 amide bonds. The van der Waals surface area contributed by atoms with E-state index >= 15 is 0 Å². The van der Waals surface area contributed by atoms with Crippen LogP contribution in [0.3, 0.4) is 0 Å². The SMILES string of the molecule is CCCCCCCCCCCCCCC1=NCCN1CCC(=O)C(O)CCCCCCCCCCCCC. The molecular formula is C34H66N2O2. The summed E-state index contributed by atoms with van der Waals surface area (Å²) in [6.07, 6.45) is 32.1. The third-order valence-corrected chi connectivity index (χ3v) is 8.36. The maximum atomic E-state index is 12.5. The van der Waals surface area contributed by atoms with Crippen molar-refractivity contribution in [2.24, 2.45) is 4.99 Å². The van der Waals surface area contributed by atoms with Gasteiger partial charge in [-0.2, -0.15) is 0 Å². The lowest BCUT2D eigenvalue weighted by Gasteiger charge is -2.21. The number of rotatable bonds is 29. The number of aliphatic hydroxyl groups is 1. The van der Waals surface area contributed by atoms with Crippen LogP contribution < -0.4 is 0 Å². The summed E-state index contributed by atoms with van der Waals surface area (Å²) in [5.41, 5.74) is 0. The number of aliphatic hydroxyl groups excluding tert-OH is 1. The van der Waals surface area contributed by atoms with Gasteiger partial charge < -0.3 is 10.0 Å². The van der Waals surface area contributed by atoms with Crippen LogP contribution in [-0.4, -0.2) is 47.4 Å². The minimum absolute atomic E-state index is 0.0219. The van der Waals surface area contributed by atoms with Gasteiger partial charge in [0, 0.05) is 25.9 Å². The second kappa shape index (κ2) is 26.3. The van der Waals surface area contributed by atoms with Gasteiger partial charge in [-0.05, 0) is 12.8 Å². The number of Topliss-reactive ketones (excluding diaryl/α,β-unsaturated/α-hetero) is 1. The van der Waals surface area contributed by atoms with Gasteiger partial charge in [0.2, 0.25) is 0 Å². The molecule has 0 aromatic carbocycles. The van der Waals surface area contributed by atoms with Crippen LogP contribution in [0, 0.1) is 0 Å². The van der Waals surface area contributed by atoms with Crippen molar-refractivity contribution in [1.29, 1.82) is 0 Å². The van der Waals surface area contributed by atoms with Gasteiger partial charge in [0.05, 0.1) is 12.4 Å². The smallest absolute Gasteiger partial charge is 0.163 e. The van der Waals surface area contributed by atoms with Gasteiger partial charge in [0.15, 0.2) is 5.78 Å². The summed E-state index contributed by atoms with van der Waals surface area (Å²) in [4.78, 5) is 19.5. The van der Waals surface area contributed by atoms with Crippen molar-refractivity contribution in [1.82, 2.24) is 4.90 Å². The molecule has 1 unspecified atom stereocenters. The highest BCUT2D eigenvalue weighted by molar-refractivity contribution is 5.86. The van der Waals surface area contributed by atoms with Gasteiger partial charge in [0.1, 0.15) is 6.10 Å². The molecule has 0 fully saturated rings. The maximum absolute atomic E-state index is 12.5. The molecule has 0 saturated carbocycles. The van der Waals surface area contributed by atoms with Gasteiger partial charge in [-0.15, -0.1) is 0 Å². The number of ketones is 1. The number of amidine groups is 1. The van der Waals surface area contributed by atoms with E-state index in [9.17, 15) is 9.90 Å². The average Bonchev–Trinajstić information content (AvgIpc) is 3.38. The standard InChI is InChI=1S/C34H66N2O2/c1-3-5-7-9-11-13-15-17-19-21-23-25-27-34-35-29-31-36(34)30-28-33(38)32(37)26-24-22-20-18-16-14-12-10-8-6-4-2/h32,37H,3-31H2,1-2H3. The van der Waals surface area contributed by atoms with E-state index in [4.69, 9.17) is 4.99 Å². The quantitative estimate of drug-likeness (QED) is 0.0971. The Labute approximate surface area is 237 Å². The van der Waals surface area contributed by atoms with E-state index in [1.165, 1.54) is 141 Å². The lowest BCUT2D eigenvalue weighted by Crippen LogP contribution is -2.32. The number of nitrogens with zero attached hydrogens (tertiary/aromatic N) is 2. The van der Waals surface area contributed by atoms with Crippen molar-refractivity contribution < 1.29 is 9.90 Å². The van der Waals surface area contributed by atoms with Crippen molar-refractivity contribution in [3.05, 3.63) is 0 Å². The monoisotopic (exact) mass is 535 g/mol. The molecule has 1 atom stereocenters. The summed E-state index contributed by atoms with van der Waals surface area (Å²) in [6.45, 7) is 7.08. The Bertz CT molecular complexity index is 563. The van der Waals surface area contributed by atoms with Crippen LogP contribution in [0.5, 0.6) is 0 Å². The number of hydrogen-bond acceptors (Lipinski definition) is 4. The Balaban J connectivity index is 1.97. The third-order valence-electron chi connectivity index (χ3n) is 8.36. The zero-order chi connectivity index (χ0) is 27.5. The predicted molar refractivity (Wildman–Crippen MR) is 166 cm³/mol. The van der Waals surface area contributed by atoms with Crippen LogP contribution in [0.4, 0.5) is 0 Å². The molecule has 0 bridgehead atoms. The lowest BCUT2D eigenvalue weighted by molar-refractivity contribution is -0.127.